The van der Waals surface area contributed by atoms with Gasteiger partial charge >= 0.3 is 0 Å². The lowest BCUT2D eigenvalue weighted by atomic mass is 9.76. The molecule has 0 spiro atoms. The molecule has 19 heavy (non-hydrogen) atoms. The predicted molar refractivity (Wildman–Crippen MR) is 77.4 cm³/mol. The Bertz CT molecular complexity index is 509. The van der Waals surface area contributed by atoms with Crippen molar-refractivity contribution >= 4 is 10.0 Å². The molecule has 1 aromatic rings. The van der Waals surface area contributed by atoms with Crippen molar-refractivity contribution in [3.05, 3.63) is 30.3 Å². The number of piperidine rings is 1. The first kappa shape index (κ1) is 14.5. The van der Waals surface area contributed by atoms with Crippen LogP contribution in [0.25, 0.3) is 0 Å². The molecule has 1 aromatic carbocycles. The Kier molecular flexibility index (Phi) is 4.02. The zero-order valence-electron chi connectivity index (χ0n) is 12.0. The Morgan fingerprint density at radius 2 is 1.58 bits per heavy atom. The molecule has 1 heterocycles. The van der Waals surface area contributed by atoms with E-state index >= 15 is 0 Å². The number of benzene rings is 1. The van der Waals surface area contributed by atoms with Crippen molar-refractivity contribution in [1.29, 1.82) is 0 Å². The van der Waals surface area contributed by atoms with Crippen LogP contribution < -0.4 is 0 Å². The zero-order valence-corrected chi connectivity index (χ0v) is 12.8. The highest BCUT2D eigenvalue weighted by Crippen LogP contribution is 2.35. The first-order valence-corrected chi connectivity index (χ1v) is 8.31. The summed E-state index contributed by atoms with van der Waals surface area (Å²) in [6, 6.07) is 8.73. The minimum Gasteiger partial charge on any atom is -0.207 e. The molecule has 0 aliphatic carbocycles. The predicted octanol–water partition coefficient (Wildman–Crippen LogP) is 3.13. The van der Waals surface area contributed by atoms with Crippen molar-refractivity contribution in [2.24, 2.45) is 11.3 Å². The highest BCUT2D eigenvalue weighted by Gasteiger charge is 2.33. The molecule has 0 radical (unpaired) electrons. The molecule has 1 saturated heterocycles. The lowest BCUT2D eigenvalue weighted by Crippen LogP contribution is -2.41. The molecule has 0 bridgehead atoms. The fourth-order valence-electron chi connectivity index (χ4n) is 2.70. The van der Waals surface area contributed by atoms with Crippen LogP contribution >= 0.6 is 0 Å². The van der Waals surface area contributed by atoms with Gasteiger partial charge in [0.15, 0.2) is 0 Å². The first-order chi connectivity index (χ1) is 8.82. The molecule has 0 saturated carbocycles. The SMILES string of the molecule is CC(C)(C)C1CCN(S(=O)(=O)c2ccccc2)CC1. The summed E-state index contributed by atoms with van der Waals surface area (Å²) in [5.41, 5.74) is 0.266. The van der Waals surface area contributed by atoms with Crippen LogP contribution in [0.4, 0.5) is 0 Å². The van der Waals surface area contributed by atoms with Crippen LogP contribution in [-0.4, -0.2) is 25.8 Å². The van der Waals surface area contributed by atoms with E-state index in [0.717, 1.165) is 12.8 Å². The maximum absolute atomic E-state index is 12.5. The van der Waals surface area contributed by atoms with Crippen LogP contribution in [0, 0.1) is 11.3 Å². The van der Waals surface area contributed by atoms with E-state index in [0.29, 0.717) is 23.9 Å². The van der Waals surface area contributed by atoms with E-state index in [-0.39, 0.29) is 5.41 Å². The van der Waals surface area contributed by atoms with Gasteiger partial charge < -0.3 is 0 Å². The van der Waals surface area contributed by atoms with Gasteiger partial charge in [-0.1, -0.05) is 39.0 Å². The van der Waals surface area contributed by atoms with Crippen LogP contribution in [0.3, 0.4) is 0 Å². The minimum absolute atomic E-state index is 0.266. The number of sulfonamides is 1. The summed E-state index contributed by atoms with van der Waals surface area (Å²) in [7, 11) is -3.30. The second-order valence-electron chi connectivity index (χ2n) is 6.36. The number of nitrogens with zero attached hydrogens (tertiary/aromatic N) is 1. The Morgan fingerprint density at radius 3 is 2.05 bits per heavy atom. The summed E-state index contributed by atoms with van der Waals surface area (Å²) in [6.45, 7) is 7.98. The molecular weight excluding hydrogens is 258 g/mol. The molecule has 3 nitrogen and oxygen atoms in total. The van der Waals surface area contributed by atoms with Crippen molar-refractivity contribution in [2.45, 2.75) is 38.5 Å². The van der Waals surface area contributed by atoms with E-state index in [4.69, 9.17) is 0 Å². The topological polar surface area (TPSA) is 37.4 Å². The monoisotopic (exact) mass is 281 g/mol. The number of hydrogen-bond donors (Lipinski definition) is 0. The summed E-state index contributed by atoms with van der Waals surface area (Å²) in [4.78, 5) is 0.407. The van der Waals surface area contributed by atoms with Gasteiger partial charge in [0.2, 0.25) is 10.0 Å². The van der Waals surface area contributed by atoms with Gasteiger partial charge in [-0.2, -0.15) is 4.31 Å². The Balaban J connectivity index is 2.10. The summed E-state index contributed by atoms with van der Waals surface area (Å²) >= 11 is 0. The van der Waals surface area contributed by atoms with Gasteiger partial charge in [-0.05, 0) is 36.3 Å². The quantitative estimate of drug-likeness (QED) is 0.835. The molecule has 0 amide bonds. The molecule has 1 aliphatic heterocycles. The first-order valence-electron chi connectivity index (χ1n) is 6.87. The van der Waals surface area contributed by atoms with Gasteiger partial charge in [-0.15, -0.1) is 0 Å². The Labute approximate surface area is 116 Å². The summed E-state index contributed by atoms with van der Waals surface area (Å²) in [5.74, 6) is 0.606. The lowest BCUT2D eigenvalue weighted by Gasteiger charge is -2.38. The fourth-order valence-corrected chi connectivity index (χ4v) is 4.19. The summed E-state index contributed by atoms with van der Waals surface area (Å²) in [6.07, 6.45) is 1.91. The van der Waals surface area contributed by atoms with Crippen molar-refractivity contribution in [3.63, 3.8) is 0 Å². The Hall–Kier alpha value is -0.870. The van der Waals surface area contributed by atoms with Gasteiger partial charge in [0.1, 0.15) is 0 Å². The average Bonchev–Trinajstić information content (AvgIpc) is 2.39. The smallest absolute Gasteiger partial charge is 0.207 e. The highest BCUT2D eigenvalue weighted by molar-refractivity contribution is 7.89. The maximum atomic E-state index is 12.5. The van der Waals surface area contributed by atoms with E-state index in [1.807, 2.05) is 6.07 Å². The van der Waals surface area contributed by atoms with E-state index in [9.17, 15) is 8.42 Å². The molecule has 0 unspecified atom stereocenters. The third-order valence-electron chi connectivity index (χ3n) is 4.06. The largest absolute Gasteiger partial charge is 0.243 e. The summed E-state index contributed by atoms with van der Waals surface area (Å²) in [5, 5.41) is 0. The van der Waals surface area contributed by atoms with Crippen LogP contribution in [0.2, 0.25) is 0 Å². The van der Waals surface area contributed by atoms with Crippen LogP contribution in [0.15, 0.2) is 35.2 Å². The summed E-state index contributed by atoms with van der Waals surface area (Å²) < 4.78 is 26.6. The van der Waals surface area contributed by atoms with Crippen LogP contribution in [-0.2, 0) is 10.0 Å². The second-order valence-corrected chi connectivity index (χ2v) is 8.30. The van der Waals surface area contributed by atoms with Crippen molar-refractivity contribution < 1.29 is 8.42 Å². The van der Waals surface area contributed by atoms with E-state index in [1.54, 1.807) is 28.6 Å². The molecule has 1 aliphatic rings. The molecule has 0 atom stereocenters. The van der Waals surface area contributed by atoms with Crippen molar-refractivity contribution in [1.82, 2.24) is 4.31 Å². The van der Waals surface area contributed by atoms with Crippen molar-refractivity contribution in [3.8, 4) is 0 Å². The van der Waals surface area contributed by atoms with Gasteiger partial charge in [0.05, 0.1) is 4.90 Å². The lowest BCUT2D eigenvalue weighted by molar-refractivity contribution is 0.154. The molecule has 0 aromatic heterocycles. The van der Waals surface area contributed by atoms with Gasteiger partial charge in [0.25, 0.3) is 0 Å². The zero-order chi connectivity index (χ0) is 14.1. The maximum Gasteiger partial charge on any atom is 0.243 e. The number of rotatable bonds is 2. The molecule has 2 rings (SSSR count). The third kappa shape index (κ3) is 3.18. The van der Waals surface area contributed by atoms with E-state index in [1.165, 1.54) is 0 Å². The molecular formula is C15H23NO2S. The van der Waals surface area contributed by atoms with E-state index in [2.05, 4.69) is 20.8 Å². The normalized spacial score (nSPS) is 19.5. The van der Waals surface area contributed by atoms with E-state index < -0.39 is 10.0 Å². The minimum atomic E-state index is -3.30. The average molecular weight is 281 g/mol. The third-order valence-corrected chi connectivity index (χ3v) is 5.97. The highest BCUT2D eigenvalue weighted by atomic mass is 32.2. The molecule has 1 fully saturated rings. The second kappa shape index (κ2) is 5.25. The van der Waals surface area contributed by atoms with Gasteiger partial charge in [0, 0.05) is 13.1 Å². The molecule has 0 N–H and O–H groups in total. The Morgan fingerprint density at radius 1 is 1.05 bits per heavy atom. The fraction of sp³-hybridized carbons (Fsp3) is 0.600. The van der Waals surface area contributed by atoms with Crippen molar-refractivity contribution in [2.75, 3.05) is 13.1 Å². The van der Waals surface area contributed by atoms with Crippen LogP contribution in [0.5, 0.6) is 0 Å². The standard InChI is InChI=1S/C15H23NO2S/c1-15(2,3)13-9-11-16(12-10-13)19(17,18)14-7-5-4-6-8-14/h4-8,13H,9-12H2,1-3H3. The number of hydrogen-bond acceptors (Lipinski definition) is 2. The van der Waals surface area contributed by atoms with Crippen LogP contribution in [0.1, 0.15) is 33.6 Å². The van der Waals surface area contributed by atoms with Gasteiger partial charge in [-0.25, -0.2) is 8.42 Å². The van der Waals surface area contributed by atoms with Gasteiger partial charge in [-0.3, -0.25) is 0 Å². The molecule has 106 valence electrons. The molecule has 4 heteroatoms.